The van der Waals surface area contributed by atoms with Crippen LogP contribution in [0.1, 0.15) is 22.1 Å². The van der Waals surface area contributed by atoms with Crippen LogP contribution in [-0.4, -0.2) is 10.5 Å². The van der Waals surface area contributed by atoms with Gasteiger partial charge in [0.1, 0.15) is 5.82 Å². The summed E-state index contributed by atoms with van der Waals surface area (Å²) in [4.78, 5) is 12.3. The molecular formula is C22H13ClFNO2. The van der Waals surface area contributed by atoms with Gasteiger partial charge in [-0.1, -0.05) is 54.1 Å². The maximum Gasteiger partial charge on any atom is 0.340 e. The fraction of sp³-hybridized carbons (Fsp3) is 0.0455. The number of nitrogens with zero attached hydrogens (tertiary/aromatic N) is 1. The lowest BCUT2D eigenvalue weighted by molar-refractivity contribution is 0.0335. The minimum Gasteiger partial charge on any atom is -0.433 e. The Kier molecular flexibility index (Phi) is 3.55. The van der Waals surface area contributed by atoms with Crippen LogP contribution in [0, 0.1) is 5.82 Å². The lowest BCUT2D eigenvalue weighted by Crippen LogP contribution is -2.11. The number of carbonyl (C=O) groups is 1. The van der Waals surface area contributed by atoms with Crippen molar-refractivity contribution >= 4 is 28.5 Å². The van der Waals surface area contributed by atoms with E-state index in [0.717, 1.165) is 22.2 Å². The predicted molar refractivity (Wildman–Crippen MR) is 102 cm³/mol. The van der Waals surface area contributed by atoms with E-state index in [0.29, 0.717) is 11.1 Å². The molecule has 3 nitrogen and oxygen atoms in total. The van der Waals surface area contributed by atoms with Crippen LogP contribution < -0.4 is 0 Å². The van der Waals surface area contributed by atoms with Gasteiger partial charge in [0.05, 0.1) is 21.8 Å². The summed E-state index contributed by atoms with van der Waals surface area (Å²) in [7, 11) is 0. The van der Waals surface area contributed by atoms with Gasteiger partial charge in [-0.25, -0.2) is 9.18 Å². The van der Waals surface area contributed by atoms with Crippen molar-refractivity contribution < 1.29 is 13.9 Å². The molecule has 1 aliphatic rings. The molecule has 3 aromatic carbocycles. The number of benzene rings is 3. The molecule has 0 saturated carbocycles. The Balaban J connectivity index is 1.79. The third-order valence-corrected chi connectivity index (χ3v) is 5.17. The Hall–Kier alpha value is -3.11. The molecule has 0 fully saturated rings. The number of ether oxygens (including phenoxy) is 1. The number of cyclic esters (lactones) is 1. The molecular weight excluding hydrogens is 365 g/mol. The molecule has 4 aromatic rings. The zero-order chi connectivity index (χ0) is 18.5. The quantitative estimate of drug-likeness (QED) is 0.412. The molecule has 1 aliphatic heterocycles. The SMILES string of the molecule is O=C1OC(n2c(-c3ccc(Cl)c(F)c3)cc3ccccc32)c2ccccc21. The third kappa shape index (κ3) is 2.45. The van der Waals surface area contributed by atoms with Gasteiger partial charge in [0.15, 0.2) is 0 Å². The van der Waals surface area contributed by atoms with Gasteiger partial charge < -0.3 is 9.30 Å². The number of esters is 1. The highest BCUT2D eigenvalue weighted by Gasteiger charge is 2.34. The number of aromatic nitrogens is 1. The molecule has 0 radical (unpaired) electrons. The average molecular weight is 378 g/mol. The predicted octanol–water partition coefficient (Wildman–Crippen LogP) is 5.82. The summed E-state index contributed by atoms with van der Waals surface area (Å²) in [5.74, 6) is -0.851. The van der Waals surface area contributed by atoms with Crippen LogP contribution >= 0.6 is 11.6 Å². The maximum atomic E-state index is 14.1. The van der Waals surface area contributed by atoms with Gasteiger partial charge in [-0.2, -0.15) is 0 Å². The Morgan fingerprint density at radius 1 is 0.963 bits per heavy atom. The average Bonchev–Trinajstić information content (AvgIpc) is 3.22. The summed E-state index contributed by atoms with van der Waals surface area (Å²) < 4.78 is 21.7. The van der Waals surface area contributed by atoms with Crippen LogP contribution in [0.3, 0.4) is 0 Å². The molecule has 0 N–H and O–H groups in total. The maximum absolute atomic E-state index is 14.1. The van der Waals surface area contributed by atoms with Crippen molar-refractivity contribution in [3.8, 4) is 11.3 Å². The summed E-state index contributed by atoms with van der Waals surface area (Å²) in [6, 6.07) is 21.8. The fourth-order valence-corrected chi connectivity index (χ4v) is 3.74. The van der Waals surface area contributed by atoms with E-state index in [1.54, 1.807) is 12.1 Å². The van der Waals surface area contributed by atoms with Crippen molar-refractivity contribution in [1.82, 2.24) is 4.57 Å². The highest BCUT2D eigenvalue weighted by atomic mass is 35.5. The molecule has 2 heterocycles. The molecule has 0 saturated heterocycles. The molecule has 5 rings (SSSR count). The largest absolute Gasteiger partial charge is 0.433 e. The number of hydrogen-bond acceptors (Lipinski definition) is 2. The lowest BCUT2D eigenvalue weighted by atomic mass is 10.1. The first-order valence-electron chi connectivity index (χ1n) is 8.49. The van der Waals surface area contributed by atoms with Crippen molar-refractivity contribution in [3.05, 3.63) is 94.8 Å². The van der Waals surface area contributed by atoms with E-state index < -0.39 is 12.0 Å². The summed E-state index contributed by atoms with van der Waals surface area (Å²) in [5.41, 5.74) is 3.65. The Morgan fingerprint density at radius 2 is 1.74 bits per heavy atom. The first-order chi connectivity index (χ1) is 13.1. The van der Waals surface area contributed by atoms with Crippen LogP contribution in [-0.2, 0) is 4.74 Å². The van der Waals surface area contributed by atoms with Crippen LogP contribution in [0.2, 0.25) is 5.02 Å². The van der Waals surface area contributed by atoms with Crippen LogP contribution in [0.25, 0.3) is 22.2 Å². The number of rotatable bonds is 2. The van der Waals surface area contributed by atoms with E-state index in [2.05, 4.69) is 0 Å². The number of carbonyl (C=O) groups excluding carboxylic acids is 1. The molecule has 0 aliphatic carbocycles. The van der Waals surface area contributed by atoms with Gasteiger partial charge in [-0.3, -0.25) is 0 Å². The van der Waals surface area contributed by atoms with Crippen molar-refractivity contribution in [3.63, 3.8) is 0 Å². The Bertz CT molecular complexity index is 1210. The molecule has 5 heteroatoms. The van der Waals surface area contributed by atoms with Gasteiger partial charge in [0.2, 0.25) is 6.23 Å². The molecule has 0 bridgehead atoms. The summed E-state index contributed by atoms with van der Waals surface area (Å²) in [6.45, 7) is 0. The monoisotopic (exact) mass is 377 g/mol. The van der Waals surface area contributed by atoms with E-state index in [-0.39, 0.29) is 11.0 Å². The molecule has 27 heavy (non-hydrogen) atoms. The summed E-state index contributed by atoms with van der Waals surface area (Å²) in [5, 5.41) is 1.04. The molecule has 0 amide bonds. The van der Waals surface area contributed by atoms with Crippen molar-refractivity contribution in [2.45, 2.75) is 6.23 Å². The van der Waals surface area contributed by atoms with E-state index in [4.69, 9.17) is 16.3 Å². The summed E-state index contributed by atoms with van der Waals surface area (Å²) >= 11 is 5.85. The zero-order valence-corrected chi connectivity index (χ0v) is 14.8. The van der Waals surface area contributed by atoms with Gasteiger partial charge in [-0.05, 0) is 30.3 Å². The van der Waals surface area contributed by atoms with Crippen molar-refractivity contribution in [2.75, 3.05) is 0 Å². The van der Waals surface area contributed by atoms with E-state index in [9.17, 15) is 9.18 Å². The first-order valence-corrected chi connectivity index (χ1v) is 8.86. The molecule has 1 atom stereocenters. The second kappa shape index (κ2) is 5.96. The molecule has 1 aromatic heterocycles. The summed E-state index contributed by atoms with van der Waals surface area (Å²) in [6.07, 6.45) is -0.609. The van der Waals surface area contributed by atoms with Gasteiger partial charge >= 0.3 is 5.97 Å². The van der Waals surface area contributed by atoms with E-state index in [1.165, 1.54) is 12.1 Å². The normalized spacial score (nSPS) is 15.8. The van der Waals surface area contributed by atoms with E-state index in [1.807, 2.05) is 53.1 Å². The first kappa shape index (κ1) is 16.1. The smallest absolute Gasteiger partial charge is 0.340 e. The van der Waals surface area contributed by atoms with Crippen molar-refractivity contribution in [2.24, 2.45) is 0 Å². The lowest BCUT2D eigenvalue weighted by Gasteiger charge is -2.18. The van der Waals surface area contributed by atoms with Crippen LogP contribution in [0.15, 0.2) is 72.8 Å². The minimum absolute atomic E-state index is 0.0686. The zero-order valence-electron chi connectivity index (χ0n) is 14.0. The number of halogens is 2. The minimum atomic E-state index is -0.609. The standard InChI is InChI=1S/C22H13ClFNO2/c23-17-10-9-14(11-18(17)24)20-12-13-5-1-4-8-19(13)25(20)21-15-6-2-3-7-16(15)22(26)27-21/h1-12,21H. The van der Waals surface area contributed by atoms with E-state index >= 15 is 0 Å². The Labute approximate surface area is 159 Å². The highest BCUT2D eigenvalue weighted by molar-refractivity contribution is 6.30. The van der Waals surface area contributed by atoms with Gasteiger partial charge in [0, 0.05) is 16.5 Å². The molecule has 0 spiro atoms. The number of fused-ring (bicyclic) bond motifs is 2. The van der Waals surface area contributed by atoms with Crippen molar-refractivity contribution in [1.29, 1.82) is 0 Å². The highest BCUT2D eigenvalue weighted by Crippen LogP contribution is 2.39. The van der Waals surface area contributed by atoms with Gasteiger partial charge in [0.25, 0.3) is 0 Å². The second-order valence-electron chi connectivity index (χ2n) is 6.43. The second-order valence-corrected chi connectivity index (χ2v) is 6.84. The number of para-hydroxylation sites is 1. The topological polar surface area (TPSA) is 31.2 Å². The molecule has 132 valence electrons. The Morgan fingerprint density at radius 3 is 2.59 bits per heavy atom. The van der Waals surface area contributed by atoms with Gasteiger partial charge in [-0.15, -0.1) is 0 Å². The fourth-order valence-electron chi connectivity index (χ4n) is 3.62. The number of hydrogen-bond donors (Lipinski definition) is 0. The van der Waals surface area contributed by atoms with Crippen LogP contribution in [0.4, 0.5) is 4.39 Å². The third-order valence-electron chi connectivity index (χ3n) is 4.86. The van der Waals surface area contributed by atoms with Crippen LogP contribution in [0.5, 0.6) is 0 Å². The molecule has 1 unspecified atom stereocenters.